The smallest absolute Gasteiger partial charge is 0.243 e. The van der Waals surface area contributed by atoms with Crippen molar-refractivity contribution in [3.05, 3.63) is 28.3 Å². The lowest BCUT2D eigenvalue weighted by molar-refractivity contribution is 0.446. The van der Waals surface area contributed by atoms with Crippen LogP contribution in [0.4, 0.5) is 0 Å². The van der Waals surface area contributed by atoms with Crippen LogP contribution in [-0.2, 0) is 17.1 Å². The van der Waals surface area contributed by atoms with Crippen molar-refractivity contribution >= 4 is 21.6 Å². The minimum absolute atomic E-state index is 0.0406. The van der Waals surface area contributed by atoms with Crippen LogP contribution in [0.5, 0.6) is 0 Å². The molecule has 9 heteroatoms. The molecule has 0 aliphatic rings. The summed E-state index contributed by atoms with van der Waals surface area (Å²) in [5.41, 5.74) is 2.16. The number of aryl methyl sites for hydroxylation is 3. The lowest BCUT2D eigenvalue weighted by atomic mass is 10.2. The van der Waals surface area contributed by atoms with Gasteiger partial charge in [0.1, 0.15) is 4.90 Å². The average Bonchev–Trinajstić information content (AvgIpc) is 2.93. The van der Waals surface area contributed by atoms with Crippen molar-refractivity contribution in [3.63, 3.8) is 0 Å². The van der Waals surface area contributed by atoms with E-state index in [0.29, 0.717) is 23.7 Å². The molecule has 0 aliphatic heterocycles. The van der Waals surface area contributed by atoms with Crippen molar-refractivity contribution < 1.29 is 8.42 Å². The van der Waals surface area contributed by atoms with Crippen LogP contribution in [0.2, 0.25) is 5.02 Å². The van der Waals surface area contributed by atoms with Crippen LogP contribution < -0.4 is 4.72 Å². The Kier molecular flexibility index (Phi) is 5.17. The van der Waals surface area contributed by atoms with Gasteiger partial charge < -0.3 is 0 Å². The van der Waals surface area contributed by atoms with Gasteiger partial charge in [-0.05, 0) is 34.1 Å². The topological polar surface area (TPSA) is 81.8 Å². The first-order chi connectivity index (χ1) is 10.6. The van der Waals surface area contributed by atoms with E-state index in [1.807, 2.05) is 25.5 Å². The van der Waals surface area contributed by atoms with Crippen molar-refractivity contribution in [1.29, 1.82) is 0 Å². The lowest BCUT2D eigenvalue weighted by Gasteiger charge is -2.14. The van der Waals surface area contributed by atoms with Crippen molar-refractivity contribution in [2.45, 2.75) is 45.1 Å². The second-order valence-electron chi connectivity index (χ2n) is 5.72. The van der Waals surface area contributed by atoms with Crippen molar-refractivity contribution in [2.75, 3.05) is 6.54 Å². The Morgan fingerprint density at radius 1 is 1.26 bits per heavy atom. The van der Waals surface area contributed by atoms with Gasteiger partial charge in [-0.3, -0.25) is 9.36 Å². The molecule has 0 unspecified atom stereocenters. The largest absolute Gasteiger partial charge is 0.274 e. The van der Waals surface area contributed by atoms with E-state index in [9.17, 15) is 8.42 Å². The van der Waals surface area contributed by atoms with E-state index in [0.717, 1.165) is 11.4 Å². The maximum absolute atomic E-state index is 12.3. The van der Waals surface area contributed by atoms with E-state index in [4.69, 9.17) is 11.6 Å². The molecule has 0 radical (unpaired) electrons. The summed E-state index contributed by atoms with van der Waals surface area (Å²) in [6, 6.07) is 0.0406. The van der Waals surface area contributed by atoms with Crippen molar-refractivity contribution in [2.24, 2.45) is 7.05 Å². The molecule has 1 N–H and O–H groups in total. The lowest BCUT2D eigenvalue weighted by Crippen LogP contribution is -2.27. The van der Waals surface area contributed by atoms with E-state index >= 15 is 0 Å². The van der Waals surface area contributed by atoms with Crippen molar-refractivity contribution in [3.8, 4) is 0 Å². The van der Waals surface area contributed by atoms with Gasteiger partial charge in [-0.25, -0.2) is 13.1 Å². The summed E-state index contributed by atoms with van der Waals surface area (Å²) in [4.78, 5) is 0.210. The standard InChI is InChI=1S/C14H22ClN5O2S/c1-9(20-12(4)14(15)11(3)18-20)6-7-16-23(21,22)13-8-19(5)17-10(13)2/h8-9,16H,6-7H2,1-5H3/t9-/m1/s1. The normalized spacial score (nSPS) is 13.5. The number of hydrogen-bond acceptors (Lipinski definition) is 4. The van der Waals surface area contributed by atoms with E-state index in [2.05, 4.69) is 14.9 Å². The Labute approximate surface area is 141 Å². The quantitative estimate of drug-likeness (QED) is 0.856. The van der Waals surface area contributed by atoms with Gasteiger partial charge in [-0.1, -0.05) is 11.6 Å². The van der Waals surface area contributed by atoms with Crippen molar-refractivity contribution in [1.82, 2.24) is 24.3 Å². The maximum Gasteiger partial charge on any atom is 0.243 e. The third kappa shape index (κ3) is 3.76. The Hall–Kier alpha value is -1.38. The predicted molar refractivity (Wildman–Crippen MR) is 89.2 cm³/mol. The van der Waals surface area contributed by atoms with Crippen LogP contribution >= 0.6 is 11.6 Å². The third-order valence-electron chi connectivity index (χ3n) is 3.77. The highest BCUT2D eigenvalue weighted by atomic mass is 35.5. The molecule has 2 heterocycles. The van der Waals surface area contributed by atoms with Gasteiger partial charge in [0.05, 0.1) is 28.1 Å². The molecule has 0 bridgehead atoms. The minimum atomic E-state index is -3.55. The molecule has 0 saturated heterocycles. The molecule has 2 rings (SSSR count). The highest BCUT2D eigenvalue weighted by Crippen LogP contribution is 2.23. The first-order valence-electron chi connectivity index (χ1n) is 7.34. The fraction of sp³-hybridized carbons (Fsp3) is 0.571. The first-order valence-corrected chi connectivity index (χ1v) is 9.20. The Balaban J connectivity index is 2.01. The predicted octanol–water partition coefficient (Wildman–Crippen LogP) is 2.12. The number of nitrogens with zero attached hydrogens (tertiary/aromatic N) is 4. The van der Waals surface area contributed by atoms with Gasteiger partial charge >= 0.3 is 0 Å². The molecular formula is C14H22ClN5O2S. The molecular weight excluding hydrogens is 338 g/mol. The average molecular weight is 360 g/mol. The summed E-state index contributed by atoms with van der Waals surface area (Å²) in [5.74, 6) is 0. The molecule has 2 aromatic rings. The fourth-order valence-electron chi connectivity index (χ4n) is 2.52. The summed E-state index contributed by atoms with van der Waals surface area (Å²) in [6.45, 7) is 7.73. The molecule has 1 atom stereocenters. The Morgan fingerprint density at radius 3 is 2.39 bits per heavy atom. The molecule has 0 saturated carbocycles. The number of hydrogen-bond donors (Lipinski definition) is 1. The minimum Gasteiger partial charge on any atom is -0.274 e. The number of aromatic nitrogens is 4. The summed E-state index contributed by atoms with van der Waals surface area (Å²) in [7, 11) is -1.86. The van der Waals surface area contributed by atoms with Gasteiger partial charge in [-0.15, -0.1) is 0 Å². The highest BCUT2D eigenvalue weighted by molar-refractivity contribution is 7.89. The van der Waals surface area contributed by atoms with Crippen LogP contribution in [-0.4, -0.2) is 34.5 Å². The monoisotopic (exact) mass is 359 g/mol. The first kappa shape index (κ1) is 18.0. The SMILES string of the molecule is Cc1nn(C)cc1S(=O)(=O)NCC[C@@H](C)n1nc(C)c(Cl)c1C. The maximum atomic E-state index is 12.3. The van der Waals surface area contributed by atoms with E-state index in [-0.39, 0.29) is 10.9 Å². The molecule has 7 nitrogen and oxygen atoms in total. The molecule has 0 spiro atoms. The number of rotatable bonds is 6. The Bertz CT molecular complexity index is 809. The van der Waals surface area contributed by atoms with Crippen LogP contribution in [0.25, 0.3) is 0 Å². The highest BCUT2D eigenvalue weighted by Gasteiger charge is 2.20. The zero-order valence-corrected chi connectivity index (χ0v) is 15.5. The van der Waals surface area contributed by atoms with Gasteiger partial charge in [0.2, 0.25) is 10.0 Å². The summed E-state index contributed by atoms with van der Waals surface area (Å²) >= 11 is 6.14. The van der Waals surface area contributed by atoms with Gasteiger partial charge in [0.25, 0.3) is 0 Å². The van der Waals surface area contributed by atoms with Crippen LogP contribution in [0.1, 0.15) is 36.5 Å². The zero-order valence-electron chi connectivity index (χ0n) is 14.0. The molecule has 0 fully saturated rings. The van der Waals surface area contributed by atoms with Gasteiger partial charge in [0.15, 0.2) is 0 Å². The Morgan fingerprint density at radius 2 is 1.91 bits per heavy atom. The second kappa shape index (κ2) is 6.62. The number of halogens is 1. The summed E-state index contributed by atoms with van der Waals surface area (Å²) < 4.78 is 30.5. The molecule has 0 amide bonds. The molecule has 2 aromatic heterocycles. The van der Waals surface area contributed by atoms with E-state index in [1.54, 1.807) is 14.0 Å². The third-order valence-corrected chi connectivity index (χ3v) is 5.88. The van der Waals surface area contributed by atoms with E-state index in [1.165, 1.54) is 10.9 Å². The molecule has 128 valence electrons. The second-order valence-corrected chi connectivity index (χ2v) is 7.83. The molecule has 0 aliphatic carbocycles. The van der Waals surface area contributed by atoms with Gasteiger partial charge in [-0.2, -0.15) is 10.2 Å². The zero-order chi connectivity index (χ0) is 17.4. The fourth-order valence-corrected chi connectivity index (χ4v) is 3.90. The molecule has 23 heavy (non-hydrogen) atoms. The van der Waals surface area contributed by atoms with Gasteiger partial charge in [0, 0.05) is 19.8 Å². The summed E-state index contributed by atoms with van der Waals surface area (Å²) in [5, 5.41) is 9.11. The van der Waals surface area contributed by atoms with Crippen LogP contribution in [0.3, 0.4) is 0 Å². The number of nitrogens with one attached hydrogen (secondary N) is 1. The molecule has 0 aromatic carbocycles. The summed E-state index contributed by atoms with van der Waals surface area (Å²) in [6.07, 6.45) is 2.11. The van der Waals surface area contributed by atoms with E-state index < -0.39 is 10.0 Å². The number of sulfonamides is 1. The van der Waals surface area contributed by atoms with Crippen LogP contribution in [0, 0.1) is 20.8 Å². The van der Waals surface area contributed by atoms with Crippen LogP contribution in [0.15, 0.2) is 11.1 Å².